The molecule has 1 aromatic heterocycles. The molecule has 0 saturated heterocycles. The fraction of sp³-hybridized carbons (Fsp3) is 0.333. The van der Waals surface area contributed by atoms with Crippen molar-refractivity contribution in [1.82, 2.24) is 5.32 Å². The van der Waals surface area contributed by atoms with Crippen LogP contribution >= 0.6 is 23.2 Å². The van der Waals surface area contributed by atoms with Gasteiger partial charge < -0.3 is 14.5 Å². The zero-order chi connectivity index (χ0) is 14.4. The van der Waals surface area contributed by atoms with Crippen molar-refractivity contribution in [2.45, 2.75) is 26.5 Å². The zero-order valence-corrected chi connectivity index (χ0v) is 12.8. The van der Waals surface area contributed by atoms with E-state index in [1.54, 1.807) is 18.4 Å². The molecule has 0 saturated carbocycles. The van der Waals surface area contributed by atoms with E-state index in [2.05, 4.69) is 12.2 Å². The minimum atomic E-state index is 0.402. The number of ether oxygens (including phenoxy) is 1. The Balaban J connectivity index is 1.97. The van der Waals surface area contributed by atoms with Crippen LogP contribution in [0.1, 0.15) is 24.7 Å². The molecule has 2 aromatic rings. The fourth-order valence-corrected chi connectivity index (χ4v) is 2.13. The van der Waals surface area contributed by atoms with E-state index in [1.165, 1.54) is 0 Å². The van der Waals surface area contributed by atoms with Crippen molar-refractivity contribution < 1.29 is 9.15 Å². The van der Waals surface area contributed by atoms with E-state index in [1.807, 2.05) is 12.1 Å². The van der Waals surface area contributed by atoms with Gasteiger partial charge in [-0.2, -0.15) is 0 Å². The Labute approximate surface area is 128 Å². The maximum Gasteiger partial charge on any atom is 0.139 e. The number of hydrogen-bond acceptors (Lipinski definition) is 3. The quantitative estimate of drug-likeness (QED) is 0.755. The van der Waals surface area contributed by atoms with Gasteiger partial charge in [-0.15, -0.1) is 0 Å². The molecule has 0 unspecified atom stereocenters. The van der Waals surface area contributed by atoms with Crippen molar-refractivity contribution in [2.24, 2.45) is 0 Å². The fourth-order valence-electron chi connectivity index (χ4n) is 1.78. The molecule has 108 valence electrons. The number of benzene rings is 1. The summed E-state index contributed by atoms with van der Waals surface area (Å²) in [6, 6.07) is 7.24. The Kier molecular flexibility index (Phi) is 5.77. The number of rotatable bonds is 7. The highest BCUT2D eigenvalue weighted by molar-refractivity contribution is 6.42. The van der Waals surface area contributed by atoms with Gasteiger partial charge in [-0.1, -0.05) is 36.2 Å². The number of halogens is 2. The van der Waals surface area contributed by atoms with E-state index in [0.717, 1.165) is 24.3 Å². The smallest absolute Gasteiger partial charge is 0.139 e. The zero-order valence-electron chi connectivity index (χ0n) is 11.3. The lowest BCUT2D eigenvalue weighted by Crippen LogP contribution is -2.14. The summed E-state index contributed by atoms with van der Waals surface area (Å²) < 4.78 is 11.2. The van der Waals surface area contributed by atoms with Crippen molar-refractivity contribution in [2.75, 3.05) is 6.54 Å². The molecule has 0 aliphatic heterocycles. The summed E-state index contributed by atoms with van der Waals surface area (Å²) >= 11 is 12.0. The average Bonchev–Trinajstić information content (AvgIpc) is 2.88. The Morgan fingerprint density at radius 1 is 1.25 bits per heavy atom. The first-order valence-corrected chi connectivity index (χ1v) is 7.30. The normalized spacial score (nSPS) is 10.8. The second-order valence-electron chi connectivity index (χ2n) is 4.39. The van der Waals surface area contributed by atoms with Gasteiger partial charge in [0.15, 0.2) is 0 Å². The molecule has 0 spiro atoms. The van der Waals surface area contributed by atoms with Gasteiger partial charge in [0, 0.05) is 5.56 Å². The van der Waals surface area contributed by atoms with Gasteiger partial charge in [0.1, 0.15) is 23.1 Å². The van der Waals surface area contributed by atoms with E-state index < -0.39 is 0 Å². The monoisotopic (exact) mass is 313 g/mol. The predicted octanol–water partition coefficient (Wildman–Crippen LogP) is 4.67. The molecule has 0 atom stereocenters. The Bertz CT molecular complexity index is 555. The molecule has 0 bridgehead atoms. The highest BCUT2D eigenvalue weighted by atomic mass is 35.5. The molecule has 20 heavy (non-hydrogen) atoms. The average molecular weight is 314 g/mol. The SMILES string of the molecule is CCCNCc1occc1COc1cccc(Cl)c1Cl. The van der Waals surface area contributed by atoms with Crippen LogP contribution in [0.15, 0.2) is 34.9 Å². The van der Waals surface area contributed by atoms with Crippen LogP contribution in [0.3, 0.4) is 0 Å². The highest BCUT2D eigenvalue weighted by Crippen LogP contribution is 2.32. The Hall–Kier alpha value is -1.16. The van der Waals surface area contributed by atoms with Gasteiger partial charge in [-0.25, -0.2) is 0 Å². The molecule has 3 nitrogen and oxygen atoms in total. The third-order valence-corrected chi connectivity index (χ3v) is 3.65. The Morgan fingerprint density at radius 2 is 2.10 bits per heavy atom. The molecule has 0 radical (unpaired) electrons. The van der Waals surface area contributed by atoms with Gasteiger partial charge in [-0.3, -0.25) is 0 Å². The van der Waals surface area contributed by atoms with E-state index in [-0.39, 0.29) is 0 Å². The topological polar surface area (TPSA) is 34.4 Å². The minimum absolute atomic E-state index is 0.402. The van der Waals surface area contributed by atoms with Crippen LogP contribution < -0.4 is 10.1 Å². The van der Waals surface area contributed by atoms with E-state index in [4.69, 9.17) is 32.4 Å². The maximum absolute atomic E-state index is 6.08. The summed E-state index contributed by atoms with van der Waals surface area (Å²) in [6.07, 6.45) is 2.76. The summed E-state index contributed by atoms with van der Waals surface area (Å²) in [7, 11) is 0. The van der Waals surface area contributed by atoms with Crippen LogP contribution in [-0.2, 0) is 13.2 Å². The van der Waals surface area contributed by atoms with Gasteiger partial charge >= 0.3 is 0 Å². The van der Waals surface area contributed by atoms with Gasteiger partial charge in [-0.05, 0) is 31.2 Å². The number of nitrogens with one attached hydrogen (secondary N) is 1. The largest absolute Gasteiger partial charge is 0.487 e. The van der Waals surface area contributed by atoms with Gasteiger partial charge in [0.05, 0.1) is 17.8 Å². The third kappa shape index (κ3) is 3.92. The molecule has 0 aliphatic rings. The predicted molar refractivity (Wildman–Crippen MR) is 81.5 cm³/mol. The van der Waals surface area contributed by atoms with Crippen LogP contribution in [0, 0.1) is 0 Å². The molecule has 1 N–H and O–H groups in total. The van der Waals surface area contributed by atoms with Crippen molar-refractivity contribution in [3.63, 3.8) is 0 Å². The molecular weight excluding hydrogens is 297 g/mol. The van der Waals surface area contributed by atoms with Crippen LogP contribution in [0.4, 0.5) is 0 Å². The second-order valence-corrected chi connectivity index (χ2v) is 5.17. The second kappa shape index (κ2) is 7.58. The van der Waals surface area contributed by atoms with Gasteiger partial charge in [0.25, 0.3) is 0 Å². The van der Waals surface area contributed by atoms with E-state index in [9.17, 15) is 0 Å². The van der Waals surface area contributed by atoms with E-state index >= 15 is 0 Å². The van der Waals surface area contributed by atoms with Crippen LogP contribution in [-0.4, -0.2) is 6.54 Å². The molecular formula is C15H17Cl2NO2. The third-order valence-electron chi connectivity index (χ3n) is 2.85. The molecule has 0 fully saturated rings. The summed E-state index contributed by atoms with van der Waals surface area (Å²) in [5.74, 6) is 1.46. The maximum atomic E-state index is 6.08. The minimum Gasteiger partial charge on any atom is -0.487 e. The highest BCUT2D eigenvalue weighted by Gasteiger charge is 2.09. The molecule has 0 amide bonds. The lowest BCUT2D eigenvalue weighted by Gasteiger charge is -2.09. The molecule has 1 heterocycles. The van der Waals surface area contributed by atoms with Gasteiger partial charge in [0.2, 0.25) is 0 Å². The molecule has 1 aromatic carbocycles. The summed E-state index contributed by atoms with van der Waals surface area (Å²) in [4.78, 5) is 0. The lowest BCUT2D eigenvalue weighted by atomic mass is 10.2. The van der Waals surface area contributed by atoms with Crippen LogP contribution in [0.5, 0.6) is 5.75 Å². The molecule has 0 aliphatic carbocycles. The lowest BCUT2D eigenvalue weighted by molar-refractivity contribution is 0.301. The first-order valence-electron chi connectivity index (χ1n) is 6.55. The van der Waals surface area contributed by atoms with Crippen molar-refractivity contribution >= 4 is 23.2 Å². The van der Waals surface area contributed by atoms with Crippen LogP contribution in [0.2, 0.25) is 10.0 Å². The molecule has 5 heteroatoms. The number of furan rings is 1. The number of hydrogen-bond donors (Lipinski definition) is 1. The summed E-state index contributed by atoms with van der Waals surface area (Å²) in [5, 5.41) is 4.22. The summed E-state index contributed by atoms with van der Waals surface area (Å²) in [5.41, 5.74) is 1.00. The van der Waals surface area contributed by atoms with Crippen molar-refractivity contribution in [1.29, 1.82) is 0 Å². The van der Waals surface area contributed by atoms with Crippen LogP contribution in [0.25, 0.3) is 0 Å². The standard InChI is InChI=1S/C15H17Cl2NO2/c1-2-7-18-9-14-11(6-8-19-14)10-20-13-5-3-4-12(16)15(13)17/h3-6,8,18H,2,7,9-10H2,1H3. The molecule has 2 rings (SSSR count). The van der Waals surface area contributed by atoms with Crippen molar-refractivity contribution in [3.8, 4) is 5.75 Å². The van der Waals surface area contributed by atoms with E-state index in [0.29, 0.717) is 28.9 Å². The summed E-state index contributed by atoms with van der Waals surface area (Å²) in [6.45, 7) is 4.18. The first kappa shape index (κ1) is 15.2. The Morgan fingerprint density at radius 3 is 2.90 bits per heavy atom. The first-order chi connectivity index (χ1) is 9.72. The van der Waals surface area contributed by atoms with Crippen molar-refractivity contribution in [3.05, 3.63) is 51.9 Å².